The summed E-state index contributed by atoms with van der Waals surface area (Å²) in [5.74, 6) is 0.0640. The molecule has 3 rings (SSSR count). The van der Waals surface area contributed by atoms with Crippen LogP contribution in [0.1, 0.15) is 42.7 Å². The molecule has 0 spiro atoms. The lowest BCUT2D eigenvalue weighted by atomic mass is 9.95. The third-order valence-corrected chi connectivity index (χ3v) is 5.37. The van der Waals surface area contributed by atoms with Crippen molar-refractivity contribution < 1.29 is 9.59 Å². The van der Waals surface area contributed by atoms with E-state index in [4.69, 9.17) is 0 Å². The molecule has 7 heteroatoms. The maximum absolute atomic E-state index is 12.9. The van der Waals surface area contributed by atoms with Gasteiger partial charge in [0.1, 0.15) is 0 Å². The number of piperidine rings is 1. The molecule has 1 aromatic carbocycles. The zero-order valence-corrected chi connectivity index (χ0v) is 17.5. The normalized spacial score (nSPS) is 15.2. The van der Waals surface area contributed by atoms with Gasteiger partial charge < -0.3 is 10.2 Å². The first-order valence-electron chi connectivity index (χ1n) is 9.27. The van der Waals surface area contributed by atoms with E-state index in [1.807, 2.05) is 49.9 Å². The summed E-state index contributed by atoms with van der Waals surface area (Å²) in [7, 11) is 0. The number of hydrogen-bond acceptors (Lipinski definition) is 3. The molecule has 6 nitrogen and oxygen atoms in total. The summed E-state index contributed by atoms with van der Waals surface area (Å²) in [6.07, 6.45) is 3.03. The number of halogens is 1. The quantitative estimate of drug-likeness (QED) is 0.805. The number of aromatic nitrogens is 2. The second kappa shape index (κ2) is 8.25. The van der Waals surface area contributed by atoms with Crippen LogP contribution in [0.15, 0.2) is 34.9 Å². The summed E-state index contributed by atoms with van der Waals surface area (Å²) >= 11 is 3.47. The van der Waals surface area contributed by atoms with Crippen molar-refractivity contribution in [3.05, 3.63) is 46.2 Å². The Balaban J connectivity index is 1.68. The molecule has 2 heterocycles. The van der Waals surface area contributed by atoms with Gasteiger partial charge in [0.25, 0.3) is 5.91 Å². The maximum Gasteiger partial charge on any atom is 0.257 e. The van der Waals surface area contributed by atoms with Gasteiger partial charge in [0.2, 0.25) is 5.91 Å². The fraction of sp³-hybridized carbons (Fsp3) is 0.450. The monoisotopic (exact) mass is 432 g/mol. The lowest BCUT2D eigenvalue weighted by molar-refractivity contribution is -0.126. The Morgan fingerprint density at radius 1 is 1.26 bits per heavy atom. The Morgan fingerprint density at radius 3 is 2.59 bits per heavy atom. The van der Waals surface area contributed by atoms with E-state index in [0.29, 0.717) is 31.5 Å². The molecule has 144 valence electrons. The summed E-state index contributed by atoms with van der Waals surface area (Å²) in [5.41, 5.74) is 2.34. The Morgan fingerprint density at radius 2 is 1.96 bits per heavy atom. The van der Waals surface area contributed by atoms with Gasteiger partial charge in [-0.1, -0.05) is 22.0 Å². The van der Waals surface area contributed by atoms with Crippen molar-refractivity contribution in [1.82, 2.24) is 20.0 Å². The van der Waals surface area contributed by atoms with E-state index in [9.17, 15) is 9.59 Å². The minimum Gasteiger partial charge on any atom is -0.354 e. The number of benzene rings is 1. The molecule has 27 heavy (non-hydrogen) atoms. The summed E-state index contributed by atoms with van der Waals surface area (Å²) in [6.45, 7) is 7.02. The van der Waals surface area contributed by atoms with Gasteiger partial charge in [-0.05, 0) is 51.8 Å². The van der Waals surface area contributed by atoms with Crippen LogP contribution < -0.4 is 5.32 Å². The Kier molecular flexibility index (Phi) is 5.99. The fourth-order valence-corrected chi connectivity index (χ4v) is 3.79. The molecule has 0 bridgehead atoms. The summed E-state index contributed by atoms with van der Waals surface area (Å²) in [5, 5.41) is 7.37. The van der Waals surface area contributed by atoms with Crippen molar-refractivity contribution in [3.63, 3.8) is 0 Å². The van der Waals surface area contributed by atoms with E-state index < -0.39 is 0 Å². The van der Waals surface area contributed by atoms with Crippen molar-refractivity contribution in [2.75, 3.05) is 13.1 Å². The molecule has 0 unspecified atom stereocenters. The van der Waals surface area contributed by atoms with Gasteiger partial charge in [-0.25, -0.2) is 4.68 Å². The van der Waals surface area contributed by atoms with Crippen LogP contribution in [0, 0.1) is 12.8 Å². The van der Waals surface area contributed by atoms with Crippen molar-refractivity contribution in [2.45, 2.75) is 39.7 Å². The van der Waals surface area contributed by atoms with Crippen LogP contribution in [-0.4, -0.2) is 45.6 Å². The molecular weight excluding hydrogens is 408 g/mol. The molecule has 0 aliphatic carbocycles. The van der Waals surface area contributed by atoms with Gasteiger partial charge in [-0.3, -0.25) is 9.59 Å². The summed E-state index contributed by atoms with van der Waals surface area (Å²) in [4.78, 5) is 26.9. The highest BCUT2D eigenvalue weighted by atomic mass is 79.9. The highest BCUT2D eigenvalue weighted by molar-refractivity contribution is 9.10. The van der Waals surface area contributed by atoms with E-state index >= 15 is 0 Å². The molecular formula is C20H25BrN4O2. The van der Waals surface area contributed by atoms with Gasteiger partial charge in [0.15, 0.2) is 0 Å². The topological polar surface area (TPSA) is 67.2 Å². The van der Waals surface area contributed by atoms with Crippen molar-refractivity contribution >= 4 is 27.7 Å². The first-order chi connectivity index (χ1) is 12.9. The minimum atomic E-state index is -0.0172. The van der Waals surface area contributed by atoms with Gasteiger partial charge >= 0.3 is 0 Å². The molecule has 1 aliphatic heterocycles. The Bertz CT molecular complexity index is 838. The molecule has 1 aliphatic rings. The molecule has 0 saturated carbocycles. The van der Waals surface area contributed by atoms with Gasteiger partial charge in [-0.15, -0.1) is 0 Å². The van der Waals surface area contributed by atoms with Crippen LogP contribution in [0.25, 0.3) is 5.69 Å². The van der Waals surface area contributed by atoms with E-state index in [-0.39, 0.29) is 23.8 Å². The third-order valence-electron chi connectivity index (χ3n) is 4.88. The predicted molar refractivity (Wildman–Crippen MR) is 108 cm³/mol. The first kappa shape index (κ1) is 19.6. The highest BCUT2D eigenvalue weighted by Gasteiger charge is 2.29. The van der Waals surface area contributed by atoms with E-state index in [1.54, 1.807) is 10.9 Å². The molecule has 1 fully saturated rings. The number of hydrogen-bond donors (Lipinski definition) is 1. The molecule has 1 N–H and O–H groups in total. The third kappa shape index (κ3) is 4.40. The van der Waals surface area contributed by atoms with Crippen molar-refractivity contribution in [3.8, 4) is 5.69 Å². The van der Waals surface area contributed by atoms with E-state index in [0.717, 1.165) is 15.9 Å². The highest BCUT2D eigenvalue weighted by Crippen LogP contribution is 2.22. The average molecular weight is 433 g/mol. The first-order valence-corrected chi connectivity index (χ1v) is 10.1. The average Bonchev–Trinajstić information content (AvgIpc) is 3.02. The Hall–Kier alpha value is -2.15. The molecule has 1 aromatic heterocycles. The molecule has 0 radical (unpaired) electrons. The largest absolute Gasteiger partial charge is 0.354 e. The van der Waals surface area contributed by atoms with Crippen molar-refractivity contribution in [2.24, 2.45) is 5.92 Å². The number of carbonyl (C=O) groups is 2. The van der Waals surface area contributed by atoms with Gasteiger partial charge in [0, 0.05) is 29.5 Å². The SMILES string of the molecule is Cc1c(C(=O)N2CCC(C(=O)NC(C)C)CC2)cnn1-c1cccc(Br)c1. The lowest BCUT2D eigenvalue weighted by Gasteiger charge is -2.31. The number of rotatable bonds is 4. The number of amides is 2. The fourth-order valence-electron chi connectivity index (χ4n) is 3.41. The van der Waals surface area contributed by atoms with Crippen LogP contribution in [-0.2, 0) is 4.79 Å². The van der Waals surface area contributed by atoms with Crippen LogP contribution in [0.3, 0.4) is 0 Å². The maximum atomic E-state index is 12.9. The molecule has 0 atom stereocenters. The number of nitrogens with zero attached hydrogens (tertiary/aromatic N) is 3. The smallest absolute Gasteiger partial charge is 0.257 e. The molecule has 2 aromatic rings. The zero-order chi connectivity index (χ0) is 19.6. The summed E-state index contributed by atoms with van der Waals surface area (Å²) < 4.78 is 2.74. The number of nitrogens with one attached hydrogen (secondary N) is 1. The van der Waals surface area contributed by atoms with Crippen LogP contribution >= 0.6 is 15.9 Å². The molecule has 1 saturated heterocycles. The van der Waals surface area contributed by atoms with Crippen molar-refractivity contribution in [1.29, 1.82) is 0 Å². The molecule has 2 amide bonds. The Labute approximate surface area is 168 Å². The second-order valence-electron chi connectivity index (χ2n) is 7.27. The number of carbonyl (C=O) groups excluding carboxylic acids is 2. The second-order valence-corrected chi connectivity index (χ2v) is 8.18. The standard InChI is InChI=1S/C20H25BrN4O2/c1-13(2)23-19(26)15-7-9-24(10-8-15)20(27)18-12-22-25(14(18)3)17-6-4-5-16(21)11-17/h4-6,11-13,15H,7-10H2,1-3H3,(H,23,26). The minimum absolute atomic E-state index is 0.0121. The van der Waals surface area contributed by atoms with E-state index in [1.165, 1.54) is 0 Å². The van der Waals surface area contributed by atoms with Gasteiger partial charge in [0.05, 0.1) is 23.1 Å². The van der Waals surface area contributed by atoms with Crippen LogP contribution in [0.4, 0.5) is 0 Å². The van der Waals surface area contributed by atoms with Crippen LogP contribution in [0.5, 0.6) is 0 Å². The summed E-state index contributed by atoms with van der Waals surface area (Å²) in [6, 6.07) is 7.96. The number of likely N-dealkylation sites (tertiary alicyclic amines) is 1. The lowest BCUT2D eigenvalue weighted by Crippen LogP contribution is -2.44. The van der Waals surface area contributed by atoms with E-state index in [2.05, 4.69) is 26.3 Å². The van der Waals surface area contributed by atoms with Crippen LogP contribution in [0.2, 0.25) is 0 Å². The predicted octanol–water partition coefficient (Wildman–Crippen LogP) is 3.32. The van der Waals surface area contributed by atoms with Gasteiger partial charge in [-0.2, -0.15) is 5.10 Å². The zero-order valence-electron chi connectivity index (χ0n) is 15.9.